The summed E-state index contributed by atoms with van der Waals surface area (Å²) in [5, 5.41) is 0. The predicted molar refractivity (Wildman–Crippen MR) is 100 cm³/mol. The van der Waals surface area contributed by atoms with Crippen LogP contribution in [0.5, 0.6) is 0 Å². The molecule has 0 aromatic rings. The third-order valence-corrected chi connectivity index (χ3v) is 4.15. The minimum absolute atomic E-state index is 0.201. The van der Waals surface area contributed by atoms with Crippen LogP contribution in [0, 0.1) is 5.92 Å². The number of hydrogen-bond acceptors (Lipinski definition) is 6. The van der Waals surface area contributed by atoms with Crippen LogP contribution in [0.25, 0.3) is 0 Å². The molecule has 6 heteroatoms. The van der Waals surface area contributed by atoms with Gasteiger partial charge in [0.05, 0.1) is 14.2 Å². The molecule has 0 saturated carbocycles. The molecule has 0 aliphatic carbocycles. The van der Waals surface area contributed by atoms with Crippen LogP contribution >= 0.6 is 0 Å². The lowest BCUT2D eigenvalue weighted by Crippen LogP contribution is -2.48. The van der Waals surface area contributed by atoms with Crippen LogP contribution in [0.15, 0.2) is 35.3 Å². The van der Waals surface area contributed by atoms with E-state index in [0.29, 0.717) is 31.1 Å². The molecule has 0 radical (unpaired) electrons. The zero-order valence-electron chi connectivity index (χ0n) is 15.9. The highest BCUT2D eigenvalue weighted by Gasteiger charge is 2.44. The summed E-state index contributed by atoms with van der Waals surface area (Å²) in [5.41, 5.74) is -0.784. The van der Waals surface area contributed by atoms with Gasteiger partial charge in [0, 0.05) is 13.3 Å². The number of hydrogen-bond donors (Lipinski definition) is 0. The Morgan fingerprint density at radius 1 is 1.32 bits per heavy atom. The molecule has 1 heterocycles. The maximum atomic E-state index is 11.4. The third-order valence-electron chi connectivity index (χ3n) is 4.15. The van der Waals surface area contributed by atoms with Gasteiger partial charge in [-0.25, -0.2) is 9.98 Å². The number of allylic oxidation sites excluding steroid dienone is 1. The van der Waals surface area contributed by atoms with Crippen molar-refractivity contribution in [1.29, 1.82) is 0 Å². The van der Waals surface area contributed by atoms with E-state index in [1.165, 1.54) is 6.92 Å². The number of ether oxygens (including phenoxy) is 3. The number of carbonyl (C=O) groups excluding carboxylic acids is 1. The molecule has 0 saturated heterocycles. The summed E-state index contributed by atoms with van der Waals surface area (Å²) in [4.78, 5) is 21.0. The normalized spacial score (nSPS) is 24.0. The van der Waals surface area contributed by atoms with E-state index < -0.39 is 11.6 Å². The van der Waals surface area contributed by atoms with Gasteiger partial charge in [0.15, 0.2) is 0 Å². The van der Waals surface area contributed by atoms with Gasteiger partial charge in [0.25, 0.3) is 0 Å². The molecule has 0 unspecified atom stereocenters. The fraction of sp³-hybridized carbons (Fsp3) is 0.632. The molecule has 6 nitrogen and oxygen atoms in total. The summed E-state index contributed by atoms with van der Waals surface area (Å²) in [6.07, 6.45) is 4.63. The van der Waals surface area contributed by atoms with E-state index in [-0.39, 0.29) is 17.9 Å². The van der Waals surface area contributed by atoms with Crippen LogP contribution in [0.1, 0.15) is 40.0 Å². The van der Waals surface area contributed by atoms with Crippen molar-refractivity contribution in [3.05, 3.63) is 25.3 Å². The van der Waals surface area contributed by atoms with Crippen LogP contribution in [0.2, 0.25) is 0 Å². The summed E-state index contributed by atoms with van der Waals surface area (Å²) in [5.74, 6) is 0.926. The molecule has 3 atom stereocenters. The van der Waals surface area contributed by atoms with Crippen molar-refractivity contribution >= 4 is 17.8 Å². The Kier molecular flexibility index (Phi) is 7.87. The van der Waals surface area contributed by atoms with Crippen LogP contribution < -0.4 is 0 Å². The summed E-state index contributed by atoms with van der Waals surface area (Å²) >= 11 is 0. The fourth-order valence-electron chi connectivity index (χ4n) is 2.93. The lowest BCUT2D eigenvalue weighted by Gasteiger charge is -2.37. The average molecular weight is 350 g/mol. The molecule has 0 N–H and O–H groups in total. The Morgan fingerprint density at radius 2 is 2.00 bits per heavy atom. The first-order valence-corrected chi connectivity index (χ1v) is 8.50. The smallest absolute Gasteiger partial charge is 0.303 e. The molecular weight excluding hydrogens is 320 g/mol. The van der Waals surface area contributed by atoms with Crippen LogP contribution in [-0.4, -0.2) is 49.7 Å². The summed E-state index contributed by atoms with van der Waals surface area (Å²) < 4.78 is 16.5. The highest BCUT2D eigenvalue weighted by atomic mass is 16.5. The number of carbonyl (C=O) groups is 1. The van der Waals surface area contributed by atoms with Gasteiger partial charge >= 0.3 is 5.97 Å². The molecule has 0 bridgehead atoms. The van der Waals surface area contributed by atoms with Gasteiger partial charge in [0.1, 0.15) is 17.7 Å². The van der Waals surface area contributed by atoms with E-state index in [1.54, 1.807) is 20.3 Å². The van der Waals surface area contributed by atoms with Crippen LogP contribution in [-0.2, 0) is 19.0 Å². The first kappa shape index (κ1) is 20.9. The lowest BCUT2D eigenvalue weighted by molar-refractivity contribution is -0.144. The van der Waals surface area contributed by atoms with Crippen molar-refractivity contribution in [2.75, 3.05) is 14.2 Å². The largest absolute Gasteiger partial charge is 0.483 e. The van der Waals surface area contributed by atoms with Crippen molar-refractivity contribution in [1.82, 2.24) is 0 Å². The van der Waals surface area contributed by atoms with Gasteiger partial charge in [-0.1, -0.05) is 32.6 Å². The second kappa shape index (κ2) is 9.39. The molecule has 0 fully saturated rings. The van der Waals surface area contributed by atoms with E-state index in [9.17, 15) is 4.79 Å². The third kappa shape index (κ3) is 5.18. The maximum absolute atomic E-state index is 11.4. The van der Waals surface area contributed by atoms with Gasteiger partial charge in [-0.2, -0.15) is 0 Å². The Bertz CT molecular complexity index is 554. The minimum Gasteiger partial charge on any atom is -0.483 e. The highest BCUT2D eigenvalue weighted by molar-refractivity contribution is 5.97. The molecule has 0 amide bonds. The quantitative estimate of drug-likeness (QED) is 0.497. The monoisotopic (exact) mass is 350 g/mol. The molecular formula is C19H30N2O4. The Hall–Kier alpha value is -2.11. The standard InChI is InChI=1S/C19H30N2O4/c1-8-10-11-19(12-15(9-2)25-14(5)22)18(24-7)20-16(13(3)4)17(21-19)23-6/h8-9,13,15-16H,1-2,10-12H2,3-7H3/t15-,16-,19+/m1/s1. The maximum Gasteiger partial charge on any atom is 0.303 e. The van der Waals surface area contributed by atoms with Crippen molar-refractivity contribution in [2.24, 2.45) is 15.9 Å². The van der Waals surface area contributed by atoms with Crippen molar-refractivity contribution in [2.45, 2.75) is 57.7 Å². The molecule has 1 rings (SSSR count). The lowest BCUT2D eigenvalue weighted by atomic mass is 9.85. The number of rotatable bonds is 8. The summed E-state index contributed by atoms with van der Waals surface area (Å²) in [6.45, 7) is 13.0. The summed E-state index contributed by atoms with van der Waals surface area (Å²) in [7, 11) is 3.18. The van der Waals surface area contributed by atoms with E-state index in [0.717, 1.165) is 0 Å². The summed E-state index contributed by atoms with van der Waals surface area (Å²) in [6, 6.07) is -0.201. The van der Waals surface area contributed by atoms with E-state index >= 15 is 0 Å². The SMILES string of the molecule is C=CCC[C@@]1(C[C@@H](C=C)OC(C)=O)N=C(OC)[C@@H](C(C)C)N=C1OC. The second-order valence-electron chi connectivity index (χ2n) is 6.43. The van der Waals surface area contributed by atoms with Gasteiger partial charge < -0.3 is 14.2 Å². The van der Waals surface area contributed by atoms with Crippen molar-refractivity contribution < 1.29 is 19.0 Å². The van der Waals surface area contributed by atoms with Gasteiger partial charge in [-0.15, -0.1) is 6.58 Å². The minimum atomic E-state index is -0.784. The topological polar surface area (TPSA) is 69.5 Å². The number of nitrogens with zero attached hydrogens (tertiary/aromatic N) is 2. The van der Waals surface area contributed by atoms with Gasteiger partial charge in [-0.3, -0.25) is 4.79 Å². The molecule has 140 valence electrons. The van der Waals surface area contributed by atoms with E-state index in [4.69, 9.17) is 24.2 Å². The Morgan fingerprint density at radius 3 is 2.44 bits per heavy atom. The Labute approximate surface area is 150 Å². The van der Waals surface area contributed by atoms with Crippen LogP contribution in [0.4, 0.5) is 0 Å². The molecule has 0 aromatic carbocycles. The Balaban J connectivity index is 3.34. The van der Waals surface area contributed by atoms with Crippen LogP contribution in [0.3, 0.4) is 0 Å². The first-order chi connectivity index (χ1) is 11.8. The predicted octanol–water partition coefficient (Wildman–Crippen LogP) is 3.33. The van der Waals surface area contributed by atoms with E-state index in [2.05, 4.69) is 27.0 Å². The zero-order valence-corrected chi connectivity index (χ0v) is 15.9. The van der Waals surface area contributed by atoms with Gasteiger partial charge in [-0.05, 0) is 18.8 Å². The molecule has 0 aromatic heterocycles. The van der Waals surface area contributed by atoms with Gasteiger partial charge in [0.2, 0.25) is 11.8 Å². The van der Waals surface area contributed by atoms with E-state index in [1.807, 2.05) is 6.08 Å². The number of aliphatic imine (C=N–C) groups is 2. The zero-order chi connectivity index (χ0) is 19.0. The number of esters is 1. The molecule has 1 aliphatic rings. The highest BCUT2D eigenvalue weighted by Crippen LogP contribution is 2.34. The fourth-order valence-corrected chi connectivity index (χ4v) is 2.93. The molecule has 1 aliphatic heterocycles. The van der Waals surface area contributed by atoms with Crippen molar-refractivity contribution in [3.63, 3.8) is 0 Å². The average Bonchev–Trinajstić information content (AvgIpc) is 2.58. The first-order valence-electron chi connectivity index (χ1n) is 8.50. The second-order valence-corrected chi connectivity index (χ2v) is 6.43. The molecule has 0 spiro atoms. The number of methoxy groups -OCH3 is 2. The van der Waals surface area contributed by atoms with Crippen molar-refractivity contribution in [3.8, 4) is 0 Å². The molecule has 25 heavy (non-hydrogen) atoms.